The Morgan fingerprint density at radius 2 is 1.69 bits per heavy atom. The van der Waals surface area contributed by atoms with Gasteiger partial charge in [0.2, 0.25) is 0 Å². The predicted molar refractivity (Wildman–Crippen MR) is 109 cm³/mol. The summed E-state index contributed by atoms with van der Waals surface area (Å²) in [6.45, 7) is 10.0. The molecule has 2 fully saturated rings. The van der Waals surface area contributed by atoms with Crippen LogP contribution in [0.5, 0.6) is 0 Å². The number of hydrogen-bond acceptors (Lipinski definition) is 3. The molecule has 144 valence electrons. The normalized spacial score (nSPS) is 20.0. The quantitative estimate of drug-likeness (QED) is 0.836. The largest absolute Gasteiger partial charge is 0.371 e. The molecule has 2 aliphatic rings. The molecule has 1 aromatic carbocycles. The fourth-order valence-electron chi connectivity index (χ4n) is 4.16. The summed E-state index contributed by atoms with van der Waals surface area (Å²) in [6.07, 6.45) is 8.92. The maximum Gasteiger partial charge on any atom is 0.251 e. The van der Waals surface area contributed by atoms with E-state index in [2.05, 4.69) is 41.1 Å². The maximum atomic E-state index is 12.7. The fourth-order valence-corrected chi connectivity index (χ4v) is 4.16. The van der Waals surface area contributed by atoms with Gasteiger partial charge in [0.05, 0.1) is 0 Å². The highest BCUT2D eigenvalue weighted by Gasteiger charge is 2.18. The zero-order valence-electron chi connectivity index (χ0n) is 16.6. The second-order valence-corrected chi connectivity index (χ2v) is 8.11. The molecule has 2 aliphatic heterocycles. The molecule has 0 aliphatic carbocycles. The van der Waals surface area contributed by atoms with E-state index in [-0.39, 0.29) is 11.9 Å². The Labute approximate surface area is 158 Å². The van der Waals surface area contributed by atoms with E-state index in [9.17, 15) is 4.79 Å². The molecule has 0 radical (unpaired) electrons. The summed E-state index contributed by atoms with van der Waals surface area (Å²) < 4.78 is 0. The highest BCUT2D eigenvalue weighted by Crippen LogP contribution is 2.25. The predicted octanol–water partition coefficient (Wildman–Crippen LogP) is 3.98. The molecule has 4 nitrogen and oxygen atoms in total. The van der Waals surface area contributed by atoms with Gasteiger partial charge in [-0.25, -0.2) is 0 Å². The molecule has 26 heavy (non-hydrogen) atoms. The maximum absolute atomic E-state index is 12.7. The first-order valence-corrected chi connectivity index (χ1v) is 10.5. The molecule has 4 heteroatoms. The van der Waals surface area contributed by atoms with Crippen LogP contribution in [0.2, 0.25) is 0 Å². The monoisotopic (exact) mass is 357 g/mol. The number of benzene rings is 1. The number of anilines is 1. The van der Waals surface area contributed by atoms with Gasteiger partial charge in [-0.15, -0.1) is 0 Å². The first-order valence-electron chi connectivity index (χ1n) is 10.5. The van der Waals surface area contributed by atoms with Gasteiger partial charge in [-0.1, -0.05) is 18.9 Å². The van der Waals surface area contributed by atoms with Crippen LogP contribution in [0.3, 0.4) is 0 Å². The molecule has 1 aromatic rings. The van der Waals surface area contributed by atoms with Crippen molar-refractivity contribution in [2.75, 3.05) is 37.6 Å². The summed E-state index contributed by atoms with van der Waals surface area (Å²) in [5, 5.41) is 3.20. The smallest absolute Gasteiger partial charge is 0.251 e. The van der Waals surface area contributed by atoms with Crippen molar-refractivity contribution in [1.29, 1.82) is 0 Å². The van der Waals surface area contributed by atoms with E-state index in [1.54, 1.807) is 0 Å². The molecule has 0 spiro atoms. The van der Waals surface area contributed by atoms with Crippen LogP contribution in [0.15, 0.2) is 18.2 Å². The van der Waals surface area contributed by atoms with E-state index in [0.29, 0.717) is 0 Å². The zero-order chi connectivity index (χ0) is 18.4. The molecule has 2 heterocycles. The summed E-state index contributed by atoms with van der Waals surface area (Å²) >= 11 is 0. The zero-order valence-corrected chi connectivity index (χ0v) is 16.6. The minimum Gasteiger partial charge on any atom is -0.371 e. The minimum atomic E-state index is 0.0637. The molecule has 1 amide bonds. The number of rotatable bonds is 6. The Morgan fingerprint density at radius 1 is 1.04 bits per heavy atom. The van der Waals surface area contributed by atoms with Crippen molar-refractivity contribution in [3.8, 4) is 0 Å². The highest BCUT2D eigenvalue weighted by atomic mass is 16.1. The van der Waals surface area contributed by atoms with Gasteiger partial charge >= 0.3 is 0 Å². The lowest BCUT2D eigenvalue weighted by Gasteiger charge is -2.23. The highest BCUT2D eigenvalue weighted by molar-refractivity contribution is 5.95. The van der Waals surface area contributed by atoms with Gasteiger partial charge in [-0.05, 0) is 76.7 Å². The molecule has 0 bridgehead atoms. The van der Waals surface area contributed by atoms with E-state index in [4.69, 9.17) is 0 Å². The van der Waals surface area contributed by atoms with Crippen LogP contribution in [0.1, 0.15) is 67.8 Å². The third-order valence-electron chi connectivity index (χ3n) is 5.87. The summed E-state index contributed by atoms with van der Waals surface area (Å²) in [5.74, 6) is 0.0637. The summed E-state index contributed by atoms with van der Waals surface area (Å²) in [6, 6.07) is 6.34. The molecule has 2 saturated heterocycles. The Bertz CT molecular complexity index is 587. The van der Waals surface area contributed by atoms with Crippen LogP contribution in [-0.4, -0.2) is 49.6 Å². The number of nitrogens with zero attached hydrogens (tertiary/aromatic N) is 2. The first-order chi connectivity index (χ1) is 12.6. The second kappa shape index (κ2) is 9.40. The van der Waals surface area contributed by atoms with Crippen LogP contribution in [-0.2, 0) is 0 Å². The van der Waals surface area contributed by atoms with Gasteiger partial charge < -0.3 is 15.1 Å². The Hall–Kier alpha value is -1.55. The molecule has 1 unspecified atom stereocenters. The molecule has 0 saturated carbocycles. The van der Waals surface area contributed by atoms with E-state index < -0.39 is 0 Å². The van der Waals surface area contributed by atoms with Crippen molar-refractivity contribution in [2.45, 2.75) is 64.8 Å². The van der Waals surface area contributed by atoms with Gasteiger partial charge in [-0.3, -0.25) is 4.79 Å². The van der Waals surface area contributed by atoms with E-state index in [0.717, 1.165) is 31.6 Å². The van der Waals surface area contributed by atoms with Gasteiger partial charge in [0.15, 0.2) is 0 Å². The molecule has 0 aromatic heterocycles. The standard InChI is InChI=1S/C22H35N3O/c1-18-9-10-20(17-21(18)25-14-7-8-15-25)22(26)23-19(2)11-16-24-12-5-3-4-6-13-24/h9-10,17,19H,3-8,11-16H2,1-2H3,(H,23,26). The third kappa shape index (κ3) is 5.23. The second-order valence-electron chi connectivity index (χ2n) is 8.11. The number of hydrogen-bond donors (Lipinski definition) is 1. The topological polar surface area (TPSA) is 35.6 Å². The lowest BCUT2D eigenvalue weighted by atomic mass is 10.1. The Balaban J connectivity index is 1.52. The van der Waals surface area contributed by atoms with Crippen molar-refractivity contribution < 1.29 is 4.79 Å². The van der Waals surface area contributed by atoms with Crippen LogP contribution in [0, 0.1) is 6.92 Å². The average Bonchev–Trinajstić information content (AvgIpc) is 3.04. The average molecular weight is 358 g/mol. The third-order valence-corrected chi connectivity index (χ3v) is 5.87. The lowest BCUT2D eigenvalue weighted by Crippen LogP contribution is -2.36. The van der Waals surface area contributed by atoms with E-state index in [1.165, 1.54) is 62.9 Å². The molecular weight excluding hydrogens is 322 g/mol. The van der Waals surface area contributed by atoms with Crippen molar-refractivity contribution >= 4 is 11.6 Å². The van der Waals surface area contributed by atoms with Gasteiger partial charge in [-0.2, -0.15) is 0 Å². The van der Waals surface area contributed by atoms with E-state index in [1.807, 2.05) is 6.07 Å². The first kappa shape index (κ1) is 19.2. The molecule has 1 N–H and O–H groups in total. The molecule has 1 atom stereocenters. The number of carbonyl (C=O) groups excluding carboxylic acids is 1. The van der Waals surface area contributed by atoms with Gasteiger partial charge in [0.1, 0.15) is 0 Å². The Kier molecular flexibility index (Phi) is 6.95. The summed E-state index contributed by atoms with van der Waals surface area (Å²) in [5.41, 5.74) is 3.28. The van der Waals surface area contributed by atoms with Crippen LogP contribution < -0.4 is 10.2 Å². The lowest BCUT2D eigenvalue weighted by molar-refractivity contribution is 0.0935. The summed E-state index contributed by atoms with van der Waals surface area (Å²) in [4.78, 5) is 17.7. The van der Waals surface area contributed by atoms with Gasteiger partial charge in [0.25, 0.3) is 5.91 Å². The van der Waals surface area contributed by atoms with Crippen LogP contribution in [0.25, 0.3) is 0 Å². The van der Waals surface area contributed by atoms with Crippen molar-refractivity contribution in [3.05, 3.63) is 29.3 Å². The fraction of sp³-hybridized carbons (Fsp3) is 0.682. The SMILES string of the molecule is Cc1ccc(C(=O)NC(C)CCN2CCCCCC2)cc1N1CCCC1. The van der Waals surface area contributed by atoms with Crippen molar-refractivity contribution in [2.24, 2.45) is 0 Å². The number of amides is 1. The minimum absolute atomic E-state index is 0.0637. The Morgan fingerprint density at radius 3 is 2.38 bits per heavy atom. The number of likely N-dealkylation sites (tertiary alicyclic amines) is 1. The number of nitrogens with one attached hydrogen (secondary N) is 1. The van der Waals surface area contributed by atoms with Crippen molar-refractivity contribution in [3.63, 3.8) is 0 Å². The van der Waals surface area contributed by atoms with Crippen molar-refractivity contribution in [1.82, 2.24) is 10.2 Å². The number of carbonyl (C=O) groups is 1. The number of aryl methyl sites for hydroxylation is 1. The van der Waals surface area contributed by atoms with Crippen LogP contribution >= 0.6 is 0 Å². The van der Waals surface area contributed by atoms with Gasteiger partial charge in [0, 0.05) is 36.9 Å². The van der Waals surface area contributed by atoms with Crippen LogP contribution in [0.4, 0.5) is 5.69 Å². The molecule has 3 rings (SSSR count). The molecular formula is C22H35N3O. The van der Waals surface area contributed by atoms with E-state index >= 15 is 0 Å². The summed E-state index contributed by atoms with van der Waals surface area (Å²) in [7, 11) is 0.